The van der Waals surface area contributed by atoms with E-state index in [0.717, 1.165) is 0 Å². The first-order valence-corrected chi connectivity index (χ1v) is 4.60. The van der Waals surface area contributed by atoms with Gasteiger partial charge in [-0.3, -0.25) is 14.9 Å². The van der Waals surface area contributed by atoms with Crippen LogP contribution in [0.4, 0.5) is 27.6 Å². The maximum absolute atomic E-state index is 13.2. The van der Waals surface area contributed by atoms with E-state index in [4.69, 9.17) is 0 Å². The minimum atomic E-state index is -4.72. The van der Waals surface area contributed by atoms with Gasteiger partial charge < -0.3 is 5.32 Å². The van der Waals surface area contributed by atoms with Crippen LogP contribution >= 0.6 is 0 Å². The Morgan fingerprint density at radius 2 is 1.84 bits per heavy atom. The second-order valence-electron chi connectivity index (χ2n) is 3.34. The Bertz CT molecular complexity index is 529. The number of nitro benzene ring substituents is 1. The molecule has 1 amide bonds. The Hall–Kier alpha value is -2.26. The predicted octanol–water partition coefficient (Wildman–Crippen LogP) is 2.17. The molecule has 0 aromatic heterocycles. The first-order valence-electron chi connectivity index (χ1n) is 4.60. The van der Waals surface area contributed by atoms with E-state index in [0.29, 0.717) is 0 Å². The topological polar surface area (TPSA) is 72.2 Å². The van der Waals surface area contributed by atoms with Crippen LogP contribution in [0.25, 0.3) is 0 Å². The molecule has 0 heterocycles. The maximum atomic E-state index is 13.2. The number of carbonyl (C=O) groups excluding carboxylic acids is 1. The van der Waals surface area contributed by atoms with Gasteiger partial charge in [-0.05, 0) is 6.07 Å². The van der Waals surface area contributed by atoms with Crippen LogP contribution in [-0.2, 0) is 0 Å². The highest BCUT2D eigenvalue weighted by Crippen LogP contribution is 2.21. The number of rotatable bonds is 3. The molecular formula is C9H5F5N2O3. The van der Waals surface area contributed by atoms with Gasteiger partial charge in [0.2, 0.25) is 5.82 Å². The van der Waals surface area contributed by atoms with Gasteiger partial charge in [0, 0.05) is 0 Å². The fraction of sp³-hybridized carbons (Fsp3) is 0.222. The molecule has 0 bridgehead atoms. The van der Waals surface area contributed by atoms with Crippen molar-refractivity contribution in [2.24, 2.45) is 0 Å². The van der Waals surface area contributed by atoms with Gasteiger partial charge in [-0.15, -0.1) is 0 Å². The van der Waals surface area contributed by atoms with E-state index >= 15 is 0 Å². The number of halogens is 5. The first-order chi connectivity index (χ1) is 8.61. The monoisotopic (exact) mass is 284 g/mol. The third-order valence-corrected chi connectivity index (χ3v) is 1.93. The van der Waals surface area contributed by atoms with E-state index < -0.39 is 46.4 Å². The highest BCUT2D eigenvalue weighted by molar-refractivity contribution is 5.94. The van der Waals surface area contributed by atoms with Crippen molar-refractivity contribution in [1.82, 2.24) is 5.32 Å². The van der Waals surface area contributed by atoms with Gasteiger partial charge in [-0.25, -0.2) is 4.39 Å². The van der Waals surface area contributed by atoms with Gasteiger partial charge >= 0.3 is 11.9 Å². The number of carbonyl (C=O) groups is 1. The number of amides is 1. The highest BCUT2D eigenvalue weighted by Gasteiger charge is 2.29. The van der Waals surface area contributed by atoms with Crippen LogP contribution < -0.4 is 5.32 Å². The number of hydrogen-bond donors (Lipinski definition) is 1. The average Bonchev–Trinajstić information content (AvgIpc) is 2.27. The molecule has 0 aliphatic carbocycles. The Balaban J connectivity index is 2.99. The van der Waals surface area contributed by atoms with Gasteiger partial charge in [0.25, 0.3) is 5.91 Å². The van der Waals surface area contributed by atoms with Crippen LogP contribution in [0.5, 0.6) is 0 Å². The summed E-state index contributed by atoms with van der Waals surface area (Å²) in [5, 5.41) is 11.6. The van der Waals surface area contributed by atoms with E-state index in [1.807, 2.05) is 0 Å². The molecule has 0 aliphatic heterocycles. The standard InChI is InChI=1S/C9H5F5N2O3/c10-5-2-7(16(18)19)6(11)1-4(5)8(17)15-3-9(12,13)14/h1-2H,3H2,(H,15,17). The number of nitrogens with one attached hydrogen (secondary N) is 1. The van der Waals surface area contributed by atoms with Crippen LogP contribution in [0.1, 0.15) is 10.4 Å². The Morgan fingerprint density at radius 3 is 2.32 bits per heavy atom. The van der Waals surface area contributed by atoms with Crippen LogP contribution in [0.2, 0.25) is 0 Å². The average molecular weight is 284 g/mol. The van der Waals surface area contributed by atoms with Crippen LogP contribution in [0.3, 0.4) is 0 Å². The van der Waals surface area contributed by atoms with Crippen molar-refractivity contribution in [1.29, 1.82) is 0 Å². The van der Waals surface area contributed by atoms with Crippen molar-refractivity contribution >= 4 is 11.6 Å². The van der Waals surface area contributed by atoms with Crippen LogP contribution in [0, 0.1) is 21.7 Å². The second-order valence-corrected chi connectivity index (χ2v) is 3.34. The maximum Gasteiger partial charge on any atom is 0.405 e. The first kappa shape index (κ1) is 14.8. The molecule has 0 saturated carbocycles. The molecule has 1 aromatic rings. The summed E-state index contributed by atoms with van der Waals surface area (Å²) >= 11 is 0. The molecule has 1 aromatic carbocycles. The molecule has 0 saturated heterocycles. The Morgan fingerprint density at radius 1 is 1.26 bits per heavy atom. The lowest BCUT2D eigenvalue weighted by Gasteiger charge is -2.08. The second kappa shape index (κ2) is 5.16. The summed E-state index contributed by atoms with van der Waals surface area (Å²) in [6.07, 6.45) is -4.72. The van der Waals surface area contributed by atoms with Crippen LogP contribution in [-0.4, -0.2) is 23.6 Å². The fourth-order valence-electron chi connectivity index (χ4n) is 1.13. The van der Waals surface area contributed by atoms with Gasteiger partial charge in [0.05, 0.1) is 16.6 Å². The molecule has 0 radical (unpaired) electrons. The minimum Gasteiger partial charge on any atom is -0.343 e. The summed E-state index contributed by atoms with van der Waals surface area (Å²) < 4.78 is 61.8. The van der Waals surface area contributed by atoms with Crippen molar-refractivity contribution in [3.63, 3.8) is 0 Å². The largest absolute Gasteiger partial charge is 0.405 e. The Labute approximate surface area is 102 Å². The zero-order chi connectivity index (χ0) is 14.8. The highest BCUT2D eigenvalue weighted by atomic mass is 19.4. The fourth-order valence-corrected chi connectivity index (χ4v) is 1.13. The van der Waals surface area contributed by atoms with Crippen molar-refractivity contribution < 1.29 is 31.7 Å². The van der Waals surface area contributed by atoms with Gasteiger partial charge in [0.15, 0.2) is 0 Å². The molecule has 0 atom stereocenters. The molecule has 5 nitrogen and oxygen atoms in total. The van der Waals surface area contributed by atoms with Crippen LogP contribution in [0.15, 0.2) is 12.1 Å². The molecule has 0 unspecified atom stereocenters. The molecule has 19 heavy (non-hydrogen) atoms. The summed E-state index contributed by atoms with van der Waals surface area (Å²) in [6, 6.07) is 0.289. The molecule has 1 N–H and O–H groups in total. The van der Waals surface area contributed by atoms with E-state index in [1.165, 1.54) is 5.32 Å². The number of benzene rings is 1. The smallest absolute Gasteiger partial charge is 0.343 e. The van der Waals surface area contributed by atoms with Crippen molar-refractivity contribution in [3.05, 3.63) is 39.4 Å². The summed E-state index contributed by atoms with van der Waals surface area (Å²) in [4.78, 5) is 20.2. The number of nitro groups is 1. The van der Waals surface area contributed by atoms with Gasteiger partial charge in [-0.1, -0.05) is 0 Å². The lowest BCUT2D eigenvalue weighted by molar-refractivity contribution is -0.387. The quantitative estimate of drug-likeness (QED) is 0.525. The predicted molar refractivity (Wildman–Crippen MR) is 51.4 cm³/mol. The zero-order valence-corrected chi connectivity index (χ0v) is 8.92. The third kappa shape index (κ3) is 3.86. The molecular weight excluding hydrogens is 279 g/mol. The summed E-state index contributed by atoms with van der Waals surface area (Å²) in [6.45, 7) is -1.73. The van der Waals surface area contributed by atoms with Crippen molar-refractivity contribution in [2.75, 3.05) is 6.54 Å². The van der Waals surface area contributed by atoms with Crippen molar-refractivity contribution in [3.8, 4) is 0 Å². The lowest BCUT2D eigenvalue weighted by Crippen LogP contribution is -2.34. The molecule has 0 aliphatic rings. The Kier molecular flexibility index (Phi) is 4.02. The van der Waals surface area contributed by atoms with E-state index in [2.05, 4.69) is 0 Å². The summed E-state index contributed by atoms with van der Waals surface area (Å²) in [7, 11) is 0. The molecule has 10 heteroatoms. The van der Waals surface area contributed by atoms with E-state index in [1.54, 1.807) is 0 Å². The zero-order valence-electron chi connectivity index (χ0n) is 8.92. The minimum absolute atomic E-state index is 0.123. The van der Waals surface area contributed by atoms with E-state index in [-0.39, 0.29) is 12.1 Å². The van der Waals surface area contributed by atoms with Crippen molar-refractivity contribution in [2.45, 2.75) is 6.18 Å². The number of alkyl halides is 3. The summed E-state index contributed by atoms with van der Waals surface area (Å²) in [5.41, 5.74) is -2.27. The lowest BCUT2D eigenvalue weighted by atomic mass is 10.1. The number of nitrogens with zero attached hydrogens (tertiary/aromatic N) is 1. The number of hydrogen-bond acceptors (Lipinski definition) is 3. The summed E-state index contributed by atoms with van der Waals surface area (Å²) in [5.74, 6) is -4.54. The molecule has 0 spiro atoms. The molecule has 104 valence electrons. The van der Waals surface area contributed by atoms with Gasteiger partial charge in [0.1, 0.15) is 12.4 Å². The third-order valence-electron chi connectivity index (χ3n) is 1.93. The normalized spacial score (nSPS) is 11.2. The molecule has 0 fully saturated rings. The van der Waals surface area contributed by atoms with Gasteiger partial charge in [-0.2, -0.15) is 17.6 Å². The molecule has 1 rings (SSSR count). The van der Waals surface area contributed by atoms with E-state index in [9.17, 15) is 36.9 Å². The SMILES string of the molecule is O=C(NCC(F)(F)F)c1cc(F)c([N+](=O)[O-])cc1F.